The first kappa shape index (κ1) is 16.7. The molecule has 2 aromatic rings. The van der Waals surface area contributed by atoms with E-state index in [4.69, 9.17) is 21.1 Å². The molecule has 5 nitrogen and oxygen atoms in total. The number of carbonyl (C=O) groups is 1. The van der Waals surface area contributed by atoms with Gasteiger partial charge in [-0.05, 0) is 35.9 Å². The van der Waals surface area contributed by atoms with Crippen LogP contribution in [-0.2, 0) is 0 Å². The van der Waals surface area contributed by atoms with Crippen LogP contribution in [0.2, 0.25) is 5.02 Å². The van der Waals surface area contributed by atoms with Crippen LogP contribution in [-0.4, -0.2) is 20.3 Å². The zero-order chi connectivity index (χ0) is 16.7. The van der Waals surface area contributed by atoms with Gasteiger partial charge in [0.15, 0.2) is 0 Å². The SMILES string of the molecule is COc1ccc(NC(=O)N/C=C/c2ccc(Cl)cc2)c(OC)c1. The highest BCUT2D eigenvalue weighted by Crippen LogP contribution is 2.28. The summed E-state index contributed by atoms with van der Waals surface area (Å²) in [5, 5.41) is 6.00. The number of hydrogen-bond donors (Lipinski definition) is 2. The molecule has 0 unspecified atom stereocenters. The van der Waals surface area contributed by atoms with Gasteiger partial charge in [-0.15, -0.1) is 0 Å². The normalized spacial score (nSPS) is 10.4. The van der Waals surface area contributed by atoms with Crippen molar-refractivity contribution in [1.82, 2.24) is 5.32 Å². The first-order valence-corrected chi connectivity index (χ1v) is 7.22. The fourth-order valence-corrected chi connectivity index (χ4v) is 1.97. The summed E-state index contributed by atoms with van der Waals surface area (Å²) in [5.41, 5.74) is 1.47. The van der Waals surface area contributed by atoms with Gasteiger partial charge in [0, 0.05) is 17.3 Å². The summed E-state index contributed by atoms with van der Waals surface area (Å²) in [6, 6.07) is 12.0. The summed E-state index contributed by atoms with van der Waals surface area (Å²) >= 11 is 5.81. The minimum atomic E-state index is -0.376. The highest BCUT2D eigenvalue weighted by Gasteiger charge is 2.07. The standard InChI is InChI=1S/C17H17ClN2O3/c1-22-14-7-8-15(16(11-14)23-2)20-17(21)19-10-9-12-3-5-13(18)6-4-12/h3-11H,1-2H3,(H2,19,20,21)/b10-9+. The Morgan fingerprint density at radius 3 is 2.48 bits per heavy atom. The van der Waals surface area contributed by atoms with Gasteiger partial charge in [-0.1, -0.05) is 23.7 Å². The highest BCUT2D eigenvalue weighted by molar-refractivity contribution is 6.30. The molecule has 0 fully saturated rings. The Morgan fingerprint density at radius 2 is 1.83 bits per heavy atom. The van der Waals surface area contributed by atoms with E-state index in [9.17, 15) is 4.79 Å². The first-order chi connectivity index (χ1) is 11.1. The topological polar surface area (TPSA) is 59.6 Å². The Kier molecular flexibility index (Phi) is 5.88. The van der Waals surface area contributed by atoms with Crippen LogP contribution < -0.4 is 20.1 Å². The molecular formula is C17H17ClN2O3. The average Bonchev–Trinajstić information content (AvgIpc) is 2.57. The zero-order valence-electron chi connectivity index (χ0n) is 12.8. The van der Waals surface area contributed by atoms with Crippen LogP contribution in [0.1, 0.15) is 5.56 Å². The molecule has 0 aliphatic carbocycles. The van der Waals surface area contributed by atoms with Crippen molar-refractivity contribution in [2.45, 2.75) is 0 Å². The molecule has 0 radical (unpaired) electrons. The van der Waals surface area contributed by atoms with E-state index >= 15 is 0 Å². The van der Waals surface area contributed by atoms with Crippen molar-refractivity contribution in [1.29, 1.82) is 0 Å². The number of benzene rings is 2. The molecular weight excluding hydrogens is 316 g/mol. The third-order valence-electron chi connectivity index (χ3n) is 3.02. The highest BCUT2D eigenvalue weighted by atomic mass is 35.5. The maximum absolute atomic E-state index is 11.9. The van der Waals surface area contributed by atoms with Crippen LogP contribution in [0.5, 0.6) is 11.5 Å². The molecule has 2 N–H and O–H groups in total. The molecule has 120 valence electrons. The number of halogens is 1. The number of amides is 2. The summed E-state index contributed by atoms with van der Waals surface area (Å²) in [6.07, 6.45) is 3.32. The number of ether oxygens (including phenoxy) is 2. The lowest BCUT2D eigenvalue weighted by Gasteiger charge is -2.11. The Balaban J connectivity index is 1.95. The number of hydrogen-bond acceptors (Lipinski definition) is 3. The Morgan fingerprint density at radius 1 is 1.09 bits per heavy atom. The molecule has 6 heteroatoms. The number of anilines is 1. The third-order valence-corrected chi connectivity index (χ3v) is 3.27. The van der Waals surface area contributed by atoms with Gasteiger partial charge in [0.05, 0.1) is 19.9 Å². The van der Waals surface area contributed by atoms with Gasteiger partial charge in [-0.3, -0.25) is 0 Å². The van der Waals surface area contributed by atoms with E-state index in [0.29, 0.717) is 22.2 Å². The van der Waals surface area contributed by atoms with Crippen molar-refractivity contribution in [3.63, 3.8) is 0 Å². The Bertz CT molecular complexity index is 699. The van der Waals surface area contributed by atoms with Crippen LogP contribution in [0, 0.1) is 0 Å². The van der Waals surface area contributed by atoms with E-state index in [0.717, 1.165) is 5.56 Å². The molecule has 2 aromatic carbocycles. The molecule has 0 bridgehead atoms. The predicted molar refractivity (Wildman–Crippen MR) is 92.2 cm³/mol. The average molecular weight is 333 g/mol. The summed E-state index contributed by atoms with van der Waals surface area (Å²) in [4.78, 5) is 11.9. The minimum absolute atomic E-state index is 0.376. The van der Waals surface area contributed by atoms with Crippen molar-refractivity contribution >= 4 is 29.4 Å². The van der Waals surface area contributed by atoms with Crippen molar-refractivity contribution < 1.29 is 14.3 Å². The van der Waals surface area contributed by atoms with E-state index in [2.05, 4.69) is 10.6 Å². The van der Waals surface area contributed by atoms with Gasteiger partial charge in [-0.2, -0.15) is 0 Å². The molecule has 0 atom stereocenters. The van der Waals surface area contributed by atoms with Gasteiger partial charge < -0.3 is 20.1 Å². The van der Waals surface area contributed by atoms with E-state index in [1.165, 1.54) is 7.11 Å². The Labute approximate surface area is 139 Å². The van der Waals surface area contributed by atoms with E-state index < -0.39 is 0 Å². The molecule has 23 heavy (non-hydrogen) atoms. The summed E-state index contributed by atoms with van der Waals surface area (Å²) in [6.45, 7) is 0. The fourth-order valence-electron chi connectivity index (χ4n) is 1.85. The van der Waals surface area contributed by atoms with Crippen molar-refractivity contribution in [2.75, 3.05) is 19.5 Å². The lowest BCUT2D eigenvalue weighted by molar-refractivity contribution is 0.255. The lowest BCUT2D eigenvalue weighted by Crippen LogP contribution is -2.24. The van der Waals surface area contributed by atoms with Crippen molar-refractivity contribution in [3.8, 4) is 11.5 Å². The number of methoxy groups -OCH3 is 2. The van der Waals surface area contributed by atoms with Crippen LogP contribution in [0.3, 0.4) is 0 Å². The van der Waals surface area contributed by atoms with Gasteiger partial charge >= 0.3 is 6.03 Å². The van der Waals surface area contributed by atoms with E-state index in [1.807, 2.05) is 12.1 Å². The molecule has 0 saturated carbocycles. The number of nitrogens with one attached hydrogen (secondary N) is 2. The van der Waals surface area contributed by atoms with Crippen LogP contribution in [0.4, 0.5) is 10.5 Å². The summed E-state index contributed by atoms with van der Waals surface area (Å²) < 4.78 is 10.3. The molecule has 2 rings (SSSR count). The van der Waals surface area contributed by atoms with Gasteiger partial charge in [0.2, 0.25) is 0 Å². The number of rotatable bonds is 5. The molecule has 0 heterocycles. The molecule has 0 aliphatic rings. The molecule has 0 spiro atoms. The second-order valence-corrected chi connectivity index (χ2v) is 4.99. The van der Waals surface area contributed by atoms with E-state index in [-0.39, 0.29) is 6.03 Å². The van der Waals surface area contributed by atoms with Gasteiger partial charge in [-0.25, -0.2) is 4.79 Å². The fraction of sp³-hybridized carbons (Fsp3) is 0.118. The van der Waals surface area contributed by atoms with Gasteiger partial charge in [0.25, 0.3) is 0 Å². The summed E-state index contributed by atoms with van der Waals surface area (Å²) in [7, 11) is 3.09. The van der Waals surface area contributed by atoms with E-state index in [1.54, 1.807) is 49.7 Å². The molecule has 2 amide bonds. The molecule has 0 saturated heterocycles. The Hall–Kier alpha value is -2.66. The molecule has 0 aromatic heterocycles. The third kappa shape index (κ3) is 4.93. The van der Waals surface area contributed by atoms with Crippen molar-refractivity contribution in [3.05, 3.63) is 59.3 Å². The second-order valence-electron chi connectivity index (χ2n) is 4.55. The van der Waals surface area contributed by atoms with Crippen LogP contribution in [0.25, 0.3) is 6.08 Å². The maximum atomic E-state index is 11.9. The maximum Gasteiger partial charge on any atom is 0.323 e. The van der Waals surface area contributed by atoms with Crippen LogP contribution in [0.15, 0.2) is 48.7 Å². The van der Waals surface area contributed by atoms with Crippen LogP contribution >= 0.6 is 11.6 Å². The number of urea groups is 1. The minimum Gasteiger partial charge on any atom is -0.497 e. The zero-order valence-corrected chi connectivity index (χ0v) is 13.6. The largest absolute Gasteiger partial charge is 0.497 e. The predicted octanol–water partition coefficient (Wildman–Crippen LogP) is 4.15. The molecule has 0 aliphatic heterocycles. The van der Waals surface area contributed by atoms with Crippen molar-refractivity contribution in [2.24, 2.45) is 0 Å². The quantitative estimate of drug-likeness (QED) is 0.864. The lowest BCUT2D eigenvalue weighted by atomic mass is 10.2. The van der Waals surface area contributed by atoms with Gasteiger partial charge in [0.1, 0.15) is 11.5 Å². The second kappa shape index (κ2) is 8.10. The monoisotopic (exact) mass is 332 g/mol. The summed E-state index contributed by atoms with van der Waals surface area (Å²) in [5.74, 6) is 1.16. The first-order valence-electron chi connectivity index (χ1n) is 6.84. The number of carbonyl (C=O) groups excluding carboxylic acids is 1. The smallest absolute Gasteiger partial charge is 0.323 e.